The van der Waals surface area contributed by atoms with E-state index in [-0.39, 0.29) is 0 Å². The minimum absolute atomic E-state index is 0.772. The van der Waals surface area contributed by atoms with Gasteiger partial charge in [-0.15, -0.1) is 0 Å². The molecule has 3 rings (SSSR count). The Kier molecular flexibility index (Phi) is 3.68. The molecule has 0 radical (unpaired) electrons. The van der Waals surface area contributed by atoms with Crippen molar-refractivity contribution in [3.05, 3.63) is 65.4 Å². The minimum atomic E-state index is 0.772. The van der Waals surface area contributed by atoms with E-state index in [1.54, 1.807) is 0 Å². The molecule has 0 aliphatic heterocycles. The van der Waals surface area contributed by atoms with Gasteiger partial charge in [0, 0.05) is 34.9 Å². The van der Waals surface area contributed by atoms with Crippen molar-refractivity contribution in [1.82, 2.24) is 10.3 Å². The first-order chi connectivity index (χ1) is 9.79. The van der Waals surface area contributed by atoms with Crippen molar-refractivity contribution in [2.75, 3.05) is 7.05 Å². The van der Waals surface area contributed by atoms with Crippen molar-refractivity contribution in [2.45, 2.75) is 6.54 Å². The molecule has 1 N–H and O–H groups in total. The molecule has 0 aliphatic carbocycles. The van der Waals surface area contributed by atoms with Crippen LogP contribution in [-0.4, -0.2) is 12.0 Å². The maximum Gasteiger partial charge on any atom is 0.0487 e. The van der Waals surface area contributed by atoms with Crippen molar-refractivity contribution in [1.29, 1.82) is 0 Å². The summed E-state index contributed by atoms with van der Waals surface area (Å²) in [7, 11) is 1.93. The molecule has 20 heavy (non-hydrogen) atoms. The standard InChI is InChI=1S/C17H15ClN2/c1-19-10-12-5-6-15(17(18)9-12)14-4-2-3-13-7-8-20-11-16(13)14/h2-9,11,19H,10H2,1H3. The topological polar surface area (TPSA) is 24.9 Å². The Morgan fingerprint density at radius 2 is 2.00 bits per heavy atom. The third kappa shape index (κ3) is 2.40. The molecule has 0 aliphatic rings. The predicted molar refractivity (Wildman–Crippen MR) is 85.0 cm³/mol. The number of pyridine rings is 1. The maximum atomic E-state index is 6.45. The molecular weight excluding hydrogens is 268 g/mol. The quantitative estimate of drug-likeness (QED) is 0.776. The van der Waals surface area contributed by atoms with Gasteiger partial charge in [0.2, 0.25) is 0 Å². The fourth-order valence-electron chi connectivity index (χ4n) is 2.44. The zero-order chi connectivity index (χ0) is 13.9. The van der Waals surface area contributed by atoms with Gasteiger partial charge in [-0.25, -0.2) is 0 Å². The normalized spacial score (nSPS) is 10.9. The molecule has 3 aromatic rings. The van der Waals surface area contributed by atoms with E-state index >= 15 is 0 Å². The molecule has 0 saturated heterocycles. The second kappa shape index (κ2) is 5.61. The van der Waals surface area contributed by atoms with Gasteiger partial charge in [0.15, 0.2) is 0 Å². The number of aromatic nitrogens is 1. The molecule has 0 saturated carbocycles. The first-order valence-electron chi connectivity index (χ1n) is 6.56. The van der Waals surface area contributed by atoms with Crippen LogP contribution in [0.3, 0.4) is 0 Å². The lowest BCUT2D eigenvalue weighted by molar-refractivity contribution is 0.818. The summed E-state index contributed by atoms with van der Waals surface area (Å²) in [5, 5.41) is 6.20. The number of nitrogens with zero attached hydrogens (tertiary/aromatic N) is 1. The second-order valence-electron chi connectivity index (χ2n) is 4.75. The summed E-state index contributed by atoms with van der Waals surface area (Å²) >= 11 is 6.45. The fourth-order valence-corrected chi connectivity index (χ4v) is 2.74. The summed E-state index contributed by atoms with van der Waals surface area (Å²) in [5.74, 6) is 0. The van der Waals surface area contributed by atoms with Crippen LogP contribution in [0.4, 0.5) is 0 Å². The lowest BCUT2D eigenvalue weighted by Crippen LogP contribution is -2.04. The number of nitrogens with one attached hydrogen (secondary N) is 1. The van der Waals surface area contributed by atoms with Crippen molar-refractivity contribution in [3.8, 4) is 11.1 Å². The summed E-state index contributed by atoms with van der Waals surface area (Å²) < 4.78 is 0. The lowest BCUT2D eigenvalue weighted by atomic mass is 9.98. The monoisotopic (exact) mass is 282 g/mol. The Hall–Kier alpha value is -1.90. The average Bonchev–Trinajstić information content (AvgIpc) is 2.47. The Labute approximate surface area is 123 Å². The molecule has 3 heteroatoms. The molecule has 0 spiro atoms. The SMILES string of the molecule is CNCc1ccc(-c2cccc3ccncc23)c(Cl)c1. The van der Waals surface area contributed by atoms with E-state index in [0.29, 0.717) is 0 Å². The molecule has 0 atom stereocenters. The Morgan fingerprint density at radius 1 is 1.10 bits per heavy atom. The zero-order valence-corrected chi connectivity index (χ0v) is 12.0. The summed E-state index contributed by atoms with van der Waals surface area (Å²) in [4.78, 5) is 4.22. The van der Waals surface area contributed by atoms with E-state index < -0.39 is 0 Å². The molecule has 2 aromatic carbocycles. The number of fused-ring (bicyclic) bond motifs is 1. The molecular formula is C17H15ClN2. The van der Waals surface area contributed by atoms with Crippen LogP contribution in [0.1, 0.15) is 5.56 Å². The van der Waals surface area contributed by atoms with E-state index in [2.05, 4.69) is 40.6 Å². The average molecular weight is 283 g/mol. The van der Waals surface area contributed by atoms with Crippen LogP contribution in [-0.2, 0) is 6.54 Å². The third-order valence-corrected chi connectivity index (χ3v) is 3.70. The Morgan fingerprint density at radius 3 is 2.80 bits per heavy atom. The summed E-state index contributed by atoms with van der Waals surface area (Å²) in [6.45, 7) is 0.817. The van der Waals surface area contributed by atoms with E-state index in [9.17, 15) is 0 Å². The minimum Gasteiger partial charge on any atom is -0.316 e. The predicted octanol–water partition coefficient (Wildman–Crippen LogP) is 4.27. The highest BCUT2D eigenvalue weighted by Crippen LogP contribution is 2.33. The number of benzene rings is 2. The van der Waals surface area contributed by atoms with Gasteiger partial charge in [-0.1, -0.05) is 41.9 Å². The van der Waals surface area contributed by atoms with E-state index in [1.807, 2.05) is 31.6 Å². The number of hydrogen-bond acceptors (Lipinski definition) is 2. The molecule has 0 amide bonds. The summed E-state index contributed by atoms with van der Waals surface area (Å²) in [6.07, 6.45) is 3.70. The highest BCUT2D eigenvalue weighted by molar-refractivity contribution is 6.33. The van der Waals surface area contributed by atoms with Gasteiger partial charge >= 0.3 is 0 Å². The van der Waals surface area contributed by atoms with Crippen LogP contribution in [0.25, 0.3) is 21.9 Å². The van der Waals surface area contributed by atoms with Crippen molar-refractivity contribution in [3.63, 3.8) is 0 Å². The van der Waals surface area contributed by atoms with Crippen LogP contribution in [0.15, 0.2) is 54.9 Å². The van der Waals surface area contributed by atoms with Crippen LogP contribution in [0.2, 0.25) is 5.02 Å². The van der Waals surface area contributed by atoms with E-state index in [0.717, 1.165) is 28.1 Å². The van der Waals surface area contributed by atoms with Gasteiger partial charge in [0.1, 0.15) is 0 Å². The molecule has 100 valence electrons. The Balaban J connectivity index is 2.16. The number of rotatable bonds is 3. The first kappa shape index (κ1) is 13.1. The van der Waals surface area contributed by atoms with Crippen molar-refractivity contribution < 1.29 is 0 Å². The van der Waals surface area contributed by atoms with Gasteiger partial charge in [-0.2, -0.15) is 0 Å². The van der Waals surface area contributed by atoms with Crippen molar-refractivity contribution in [2.24, 2.45) is 0 Å². The van der Waals surface area contributed by atoms with Crippen LogP contribution < -0.4 is 5.32 Å². The third-order valence-electron chi connectivity index (χ3n) is 3.39. The van der Waals surface area contributed by atoms with Crippen molar-refractivity contribution >= 4 is 22.4 Å². The number of halogens is 1. The van der Waals surface area contributed by atoms with Gasteiger partial charge in [-0.3, -0.25) is 4.98 Å². The van der Waals surface area contributed by atoms with Gasteiger partial charge in [-0.05, 0) is 35.7 Å². The lowest BCUT2D eigenvalue weighted by Gasteiger charge is -2.10. The van der Waals surface area contributed by atoms with E-state index in [4.69, 9.17) is 11.6 Å². The summed E-state index contributed by atoms with van der Waals surface area (Å²) in [5.41, 5.74) is 3.35. The van der Waals surface area contributed by atoms with Crippen LogP contribution in [0, 0.1) is 0 Å². The molecule has 0 unspecified atom stereocenters. The fraction of sp³-hybridized carbons (Fsp3) is 0.118. The van der Waals surface area contributed by atoms with Gasteiger partial charge in [0.25, 0.3) is 0 Å². The first-order valence-corrected chi connectivity index (χ1v) is 6.93. The summed E-state index contributed by atoms with van der Waals surface area (Å²) in [6, 6.07) is 14.4. The highest BCUT2D eigenvalue weighted by atomic mass is 35.5. The molecule has 1 aromatic heterocycles. The highest BCUT2D eigenvalue weighted by Gasteiger charge is 2.08. The molecule has 0 bridgehead atoms. The smallest absolute Gasteiger partial charge is 0.0487 e. The number of hydrogen-bond donors (Lipinski definition) is 1. The van der Waals surface area contributed by atoms with Crippen LogP contribution >= 0.6 is 11.6 Å². The van der Waals surface area contributed by atoms with Crippen LogP contribution in [0.5, 0.6) is 0 Å². The van der Waals surface area contributed by atoms with E-state index in [1.165, 1.54) is 10.9 Å². The van der Waals surface area contributed by atoms with Gasteiger partial charge in [0.05, 0.1) is 0 Å². The molecule has 1 heterocycles. The second-order valence-corrected chi connectivity index (χ2v) is 5.15. The Bertz CT molecular complexity index is 748. The zero-order valence-electron chi connectivity index (χ0n) is 11.2. The van der Waals surface area contributed by atoms with Gasteiger partial charge < -0.3 is 5.32 Å². The maximum absolute atomic E-state index is 6.45. The molecule has 0 fully saturated rings. The molecule has 2 nitrogen and oxygen atoms in total. The largest absolute Gasteiger partial charge is 0.316 e.